The lowest BCUT2D eigenvalue weighted by molar-refractivity contribution is -0.145. The van der Waals surface area contributed by atoms with Crippen molar-refractivity contribution in [3.8, 4) is 0 Å². The second-order valence-electron chi connectivity index (χ2n) is 7.01. The van der Waals surface area contributed by atoms with Crippen molar-refractivity contribution in [3.63, 3.8) is 0 Å². The fraction of sp³-hybridized carbons (Fsp3) is 0.261. The zero-order valence-corrected chi connectivity index (χ0v) is 17.5. The minimum Gasteiger partial charge on any atom is -0.464 e. The molecular formula is C23H23F2N3O3. The van der Waals surface area contributed by atoms with E-state index in [0.29, 0.717) is 29.6 Å². The van der Waals surface area contributed by atoms with Crippen LogP contribution in [0.5, 0.6) is 0 Å². The number of nitrogens with zero attached hydrogens (tertiary/aromatic N) is 2. The Morgan fingerprint density at radius 3 is 2.48 bits per heavy atom. The standard InChI is InChI=1S/C23H23F2N3O3/c1-4-31-23(30)21(26-22(29)18-11-10-17(24)12-19(18)25)20-14(2)27-28(15(20)3)13-16-8-6-5-7-9-16/h5-12,21H,4,13H2,1-3H3,(H,26,29). The molecule has 1 heterocycles. The Balaban J connectivity index is 1.95. The lowest BCUT2D eigenvalue weighted by Gasteiger charge is -2.18. The first kappa shape index (κ1) is 22.1. The van der Waals surface area contributed by atoms with Crippen LogP contribution in [0.4, 0.5) is 8.78 Å². The maximum Gasteiger partial charge on any atom is 0.333 e. The van der Waals surface area contributed by atoms with Crippen LogP contribution in [0, 0.1) is 25.5 Å². The Labute approximate surface area is 178 Å². The van der Waals surface area contributed by atoms with Crippen molar-refractivity contribution in [3.05, 3.63) is 88.2 Å². The molecule has 3 rings (SSSR count). The first-order chi connectivity index (χ1) is 14.8. The van der Waals surface area contributed by atoms with E-state index >= 15 is 0 Å². The predicted molar refractivity (Wildman–Crippen MR) is 110 cm³/mol. The molecule has 1 amide bonds. The minimum atomic E-state index is -1.19. The second-order valence-corrected chi connectivity index (χ2v) is 7.01. The van der Waals surface area contributed by atoms with Gasteiger partial charge in [-0.3, -0.25) is 9.48 Å². The Morgan fingerprint density at radius 2 is 1.84 bits per heavy atom. The quantitative estimate of drug-likeness (QED) is 0.581. The summed E-state index contributed by atoms with van der Waals surface area (Å²) in [5, 5.41) is 7.04. The molecule has 1 atom stereocenters. The molecule has 3 aromatic rings. The van der Waals surface area contributed by atoms with Gasteiger partial charge in [0.05, 0.1) is 24.4 Å². The molecule has 0 aliphatic heterocycles. The van der Waals surface area contributed by atoms with Crippen molar-refractivity contribution in [1.82, 2.24) is 15.1 Å². The smallest absolute Gasteiger partial charge is 0.333 e. The monoisotopic (exact) mass is 427 g/mol. The van der Waals surface area contributed by atoms with Crippen molar-refractivity contribution >= 4 is 11.9 Å². The molecule has 0 fully saturated rings. The number of esters is 1. The summed E-state index contributed by atoms with van der Waals surface area (Å²) in [6, 6.07) is 11.1. The third kappa shape index (κ3) is 4.96. The van der Waals surface area contributed by atoms with E-state index in [1.165, 1.54) is 0 Å². The summed E-state index contributed by atoms with van der Waals surface area (Å²) < 4.78 is 34.1. The summed E-state index contributed by atoms with van der Waals surface area (Å²) >= 11 is 0. The van der Waals surface area contributed by atoms with E-state index < -0.39 is 29.6 Å². The van der Waals surface area contributed by atoms with Crippen molar-refractivity contribution in [1.29, 1.82) is 0 Å². The fourth-order valence-electron chi connectivity index (χ4n) is 3.40. The molecule has 0 radical (unpaired) electrons. The second kappa shape index (κ2) is 9.51. The number of carbonyl (C=O) groups excluding carboxylic acids is 2. The average Bonchev–Trinajstić information content (AvgIpc) is 3.00. The fourth-order valence-corrected chi connectivity index (χ4v) is 3.40. The van der Waals surface area contributed by atoms with Crippen LogP contribution >= 0.6 is 0 Å². The summed E-state index contributed by atoms with van der Waals surface area (Å²) in [4.78, 5) is 25.4. The lowest BCUT2D eigenvalue weighted by Crippen LogP contribution is -2.36. The molecule has 6 nitrogen and oxygen atoms in total. The first-order valence-corrected chi connectivity index (χ1v) is 9.82. The van der Waals surface area contributed by atoms with Gasteiger partial charge in [-0.25, -0.2) is 13.6 Å². The van der Waals surface area contributed by atoms with E-state index in [1.807, 2.05) is 30.3 Å². The maximum atomic E-state index is 14.1. The third-order valence-corrected chi connectivity index (χ3v) is 4.87. The molecule has 8 heteroatoms. The van der Waals surface area contributed by atoms with Crippen molar-refractivity contribution < 1.29 is 23.1 Å². The Kier molecular flexibility index (Phi) is 6.79. The molecule has 1 N–H and O–H groups in total. The van der Waals surface area contributed by atoms with Crippen molar-refractivity contribution in [2.24, 2.45) is 0 Å². The predicted octanol–water partition coefficient (Wildman–Crippen LogP) is 3.86. The number of aromatic nitrogens is 2. The highest BCUT2D eigenvalue weighted by atomic mass is 19.1. The highest BCUT2D eigenvalue weighted by Crippen LogP contribution is 2.25. The number of carbonyl (C=O) groups is 2. The van der Waals surface area contributed by atoms with Gasteiger partial charge in [0.1, 0.15) is 11.6 Å². The number of aryl methyl sites for hydroxylation is 1. The van der Waals surface area contributed by atoms with Gasteiger partial charge in [-0.05, 0) is 38.5 Å². The largest absolute Gasteiger partial charge is 0.464 e. The number of benzene rings is 2. The van der Waals surface area contributed by atoms with Crippen LogP contribution in [-0.4, -0.2) is 28.3 Å². The Hall–Kier alpha value is -3.55. The van der Waals surface area contributed by atoms with Gasteiger partial charge in [-0.15, -0.1) is 0 Å². The van der Waals surface area contributed by atoms with Crippen molar-refractivity contribution in [2.45, 2.75) is 33.4 Å². The molecule has 0 saturated heterocycles. The molecule has 31 heavy (non-hydrogen) atoms. The Morgan fingerprint density at radius 1 is 1.13 bits per heavy atom. The van der Waals surface area contributed by atoms with Crippen LogP contribution in [0.3, 0.4) is 0 Å². The number of hydrogen-bond acceptors (Lipinski definition) is 4. The van der Waals surface area contributed by atoms with Gasteiger partial charge in [-0.2, -0.15) is 5.10 Å². The summed E-state index contributed by atoms with van der Waals surface area (Å²) in [7, 11) is 0. The highest BCUT2D eigenvalue weighted by molar-refractivity contribution is 5.97. The average molecular weight is 427 g/mol. The Bertz CT molecular complexity index is 1100. The zero-order valence-electron chi connectivity index (χ0n) is 17.5. The number of nitrogens with one attached hydrogen (secondary N) is 1. The summed E-state index contributed by atoms with van der Waals surface area (Å²) in [5.41, 5.74) is 2.32. The van der Waals surface area contributed by atoms with Gasteiger partial charge in [0, 0.05) is 17.3 Å². The van der Waals surface area contributed by atoms with Gasteiger partial charge >= 0.3 is 5.97 Å². The molecule has 0 spiro atoms. The van der Waals surface area contributed by atoms with E-state index in [9.17, 15) is 18.4 Å². The van der Waals surface area contributed by atoms with Crippen LogP contribution in [0.2, 0.25) is 0 Å². The van der Waals surface area contributed by atoms with E-state index in [4.69, 9.17) is 4.74 Å². The van der Waals surface area contributed by atoms with E-state index in [0.717, 1.165) is 17.7 Å². The summed E-state index contributed by atoms with van der Waals surface area (Å²) in [6.45, 7) is 5.74. The van der Waals surface area contributed by atoms with Gasteiger partial charge in [-0.1, -0.05) is 30.3 Å². The van der Waals surface area contributed by atoms with Crippen LogP contribution in [0.1, 0.15) is 45.8 Å². The zero-order chi connectivity index (χ0) is 22.5. The minimum absolute atomic E-state index is 0.104. The van der Waals surface area contributed by atoms with Gasteiger partial charge < -0.3 is 10.1 Å². The number of hydrogen-bond donors (Lipinski definition) is 1. The SMILES string of the molecule is CCOC(=O)C(NC(=O)c1ccc(F)cc1F)c1c(C)nn(Cc2ccccc2)c1C. The third-order valence-electron chi connectivity index (χ3n) is 4.87. The van der Waals surface area contributed by atoms with E-state index in [1.54, 1.807) is 25.5 Å². The summed E-state index contributed by atoms with van der Waals surface area (Å²) in [6.07, 6.45) is 0. The van der Waals surface area contributed by atoms with Gasteiger partial charge in [0.15, 0.2) is 6.04 Å². The molecule has 0 bridgehead atoms. The molecular weight excluding hydrogens is 404 g/mol. The van der Waals surface area contributed by atoms with Gasteiger partial charge in [0.2, 0.25) is 0 Å². The van der Waals surface area contributed by atoms with Crippen LogP contribution in [0.25, 0.3) is 0 Å². The molecule has 0 saturated carbocycles. The topological polar surface area (TPSA) is 73.2 Å². The highest BCUT2D eigenvalue weighted by Gasteiger charge is 2.31. The van der Waals surface area contributed by atoms with Crippen LogP contribution in [-0.2, 0) is 16.1 Å². The van der Waals surface area contributed by atoms with Crippen LogP contribution in [0.15, 0.2) is 48.5 Å². The van der Waals surface area contributed by atoms with Crippen molar-refractivity contribution in [2.75, 3.05) is 6.61 Å². The number of ether oxygens (including phenoxy) is 1. The number of halogens is 2. The molecule has 0 aliphatic rings. The number of amides is 1. The molecule has 2 aromatic carbocycles. The molecule has 0 aliphatic carbocycles. The van der Waals surface area contributed by atoms with E-state index in [-0.39, 0.29) is 12.2 Å². The molecule has 162 valence electrons. The first-order valence-electron chi connectivity index (χ1n) is 9.82. The van der Waals surface area contributed by atoms with Gasteiger partial charge in [0.25, 0.3) is 5.91 Å². The summed E-state index contributed by atoms with van der Waals surface area (Å²) in [5.74, 6) is -3.37. The van der Waals surface area contributed by atoms with E-state index in [2.05, 4.69) is 10.4 Å². The molecule has 1 unspecified atom stereocenters. The maximum absolute atomic E-state index is 14.1. The normalized spacial score (nSPS) is 11.8. The van der Waals surface area contributed by atoms with Crippen LogP contribution < -0.4 is 5.32 Å². The number of rotatable bonds is 7. The lowest BCUT2D eigenvalue weighted by atomic mass is 10.0. The molecule has 1 aromatic heterocycles.